The van der Waals surface area contributed by atoms with E-state index in [1.165, 1.54) is 64.5 Å². The molecular formula is C31H33NO2. The van der Waals surface area contributed by atoms with Crippen LogP contribution in [0.25, 0.3) is 21.9 Å². The number of nitrogens with zero attached hydrogens (tertiary/aromatic N) is 1. The fourth-order valence-corrected chi connectivity index (χ4v) is 5.05. The Morgan fingerprint density at radius 1 is 0.794 bits per heavy atom. The van der Waals surface area contributed by atoms with Crippen molar-refractivity contribution in [2.75, 3.05) is 33.4 Å². The van der Waals surface area contributed by atoms with Gasteiger partial charge in [0, 0.05) is 6.54 Å². The first kappa shape index (κ1) is 22.5. The molecule has 174 valence electrons. The van der Waals surface area contributed by atoms with Gasteiger partial charge in [0.2, 0.25) is 0 Å². The third-order valence-corrected chi connectivity index (χ3v) is 6.94. The van der Waals surface area contributed by atoms with Crippen LogP contribution in [0.1, 0.15) is 29.5 Å². The Bertz CT molecular complexity index is 1260. The molecule has 1 heterocycles. The molecule has 4 aromatic rings. The van der Waals surface area contributed by atoms with Gasteiger partial charge in [-0.05, 0) is 102 Å². The number of rotatable bonds is 8. The smallest absolute Gasteiger partial charge is 0.119 e. The van der Waals surface area contributed by atoms with E-state index in [0.29, 0.717) is 0 Å². The van der Waals surface area contributed by atoms with Crippen molar-refractivity contribution in [2.24, 2.45) is 0 Å². The molecule has 0 radical (unpaired) electrons. The van der Waals surface area contributed by atoms with Crippen molar-refractivity contribution in [1.82, 2.24) is 4.90 Å². The molecule has 3 heteroatoms. The number of hydrogen-bond acceptors (Lipinski definition) is 3. The molecule has 1 aliphatic heterocycles. The van der Waals surface area contributed by atoms with E-state index < -0.39 is 0 Å². The van der Waals surface area contributed by atoms with Gasteiger partial charge in [0.1, 0.15) is 18.1 Å². The minimum atomic E-state index is 0.754. The number of hydrogen-bond donors (Lipinski definition) is 0. The number of likely N-dealkylation sites (tertiary alicyclic amines) is 1. The van der Waals surface area contributed by atoms with E-state index in [1.54, 1.807) is 7.11 Å². The first-order chi connectivity index (χ1) is 16.7. The Morgan fingerprint density at radius 2 is 1.53 bits per heavy atom. The molecule has 0 atom stereocenters. The second kappa shape index (κ2) is 10.3. The highest BCUT2D eigenvalue weighted by atomic mass is 16.5. The van der Waals surface area contributed by atoms with E-state index >= 15 is 0 Å². The summed E-state index contributed by atoms with van der Waals surface area (Å²) in [6, 6.07) is 28.2. The molecule has 0 amide bonds. The fraction of sp³-hybridized carbons (Fsp3) is 0.290. The summed E-state index contributed by atoms with van der Waals surface area (Å²) >= 11 is 0. The van der Waals surface area contributed by atoms with Crippen LogP contribution in [0.2, 0.25) is 0 Å². The van der Waals surface area contributed by atoms with Gasteiger partial charge in [-0.15, -0.1) is 0 Å². The van der Waals surface area contributed by atoms with Crippen LogP contribution in [-0.4, -0.2) is 38.3 Å². The molecule has 0 aliphatic carbocycles. The van der Waals surface area contributed by atoms with Crippen LogP contribution in [0, 0.1) is 6.92 Å². The highest BCUT2D eigenvalue weighted by Crippen LogP contribution is 2.35. The molecule has 1 saturated heterocycles. The van der Waals surface area contributed by atoms with E-state index in [0.717, 1.165) is 31.1 Å². The van der Waals surface area contributed by atoms with Gasteiger partial charge < -0.3 is 9.47 Å². The third-order valence-electron chi connectivity index (χ3n) is 6.94. The molecule has 34 heavy (non-hydrogen) atoms. The van der Waals surface area contributed by atoms with Crippen LogP contribution >= 0.6 is 0 Å². The maximum Gasteiger partial charge on any atom is 0.119 e. The average Bonchev–Trinajstić information content (AvgIpc) is 3.39. The van der Waals surface area contributed by atoms with Crippen molar-refractivity contribution in [3.8, 4) is 22.6 Å². The second-order valence-corrected chi connectivity index (χ2v) is 9.21. The standard InChI is InChI=1S/C31H33NO2/c1-23-21-27(33-2)14-16-28(23)30-15-11-25-7-3-4-8-29(25)31(30)22-24-9-12-26(13-10-24)34-20-19-32-17-5-6-18-32/h3-4,7-16,21H,5-6,17-20,22H2,1-2H3. The van der Waals surface area contributed by atoms with Crippen LogP contribution in [0.3, 0.4) is 0 Å². The van der Waals surface area contributed by atoms with Crippen LogP contribution < -0.4 is 9.47 Å². The summed E-state index contributed by atoms with van der Waals surface area (Å²) in [6.07, 6.45) is 3.51. The Hall–Kier alpha value is -3.30. The molecule has 0 aromatic heterocycles. The van der Waals surface area contributed by atoms with Crippen molar-refractivity contribution >= 4 is 10.8 Å². The maximum absolute atomic E-state index is 6.02. The molecule has 0 spiro atoms. The van der Waals surface area contributed by atoms with E-state index in [1.807, 2.05) is 0 Å². The lowest BCUT2D eigenvalue weighted by molar-refractivity contribution is 0.238. The SMILES string of the molecule is COc1ccc(-c2ccc3ccccc3c2Cc2ccc(OCCN3CCCC3)cc2)c(C)c1. The van der Waals surface area contributed by atoms with Crippen molar-refractivity contribution in [3.63, 3.8) is 0 Å². The lowest BCUT2D eigenvalue weighted by Crippen LogP contribution is -2.25. The molecule has 0 saturated carbocycles. The van der Waals surface area contributed by atoms with Gasteiger partial charge in [0.05, 0.1) is 7.11 Å². The fourth-order valence-electron chi connectivity index (χ4n) is 5.05. The van der Waals surface area contributed by atoms with Crippen LogP contribution in [0.4, 0.5) is 0 Å². The zero-order valence-electron chi connectivity index (χ0n) is 20.2. The lowest BCUT2D eigenvalue weighted by Gasteiger charge is -2.17. The monoisotopic (exact) mass is 451 g/mol. The molecule has 3 nitrogen and oxygen atoms in total. The average molecular weight is 452 g/mol. The highest BCUT2D eigenvalue weighted by molar-refractivity contribution is 5.92. The largest absolute Gasteiger partial charge is 0.497 e. The van der Waals surface area contributed by atoms with E-state index in [9.17, 15) is 0 Å². The normalized spacial score (nSPS) is 13.9. The van der Waals surface area contributed by atoms with Crippen molar-refractivity contribution < 1.29 is 9.47 Å². The van der Waals surface area contributed by atoms with Gasteiger partial charge in [-0.25, -0.2) is 0 Å². The zero-order chi connectivity index (χ0) is 23.3. The predicted octanol–water partition coefficient (Wildman–Crippen LogP) is 6.89. The summed E-state index contributed by atoms with van der Waals surface area (Å²) in [5.41, 5.74) is 6.40. The minimum absolute atomic E-state index is 0.754. The van der Waals surface area contributed by atoms with Crippen LogP contribution in [0.5, 0.6) is 11.5 Å². The maximum atomic E-state index is 6.02. The number of methoxy groups -OCH3 is 1. The molecule has 0 unspecified atom stereocenters. The summed E-state index contributed by atoms with van der Waals surface area (Å²) < 4.78 is 11.5. The summed E-state index contributed by atoms with van der Waals surface area (Å²) in [6.45, 7) is 6.35. The quantitative estimate of drug-likeness (QED) is 0.291. The van der Waals surface area contributed by atoms with E-state index in [-0.39, 0.29) is 0 Å². The highest BCUT2D eigenvalue weighted by Gasteiger charge is 2.14. The van der Waals surface area contributed by atoms with Gasteiger partial charge in [0.25, 0.3) is 0 Å². The molecule has 1 fully saturated rings. The number of aryl methyl sites for hydroxylation is 1. The zero-order valence-corrected chi connectivity index (χ0v) is 20.2. The van der Waals surface area contributed by atoms with Crippen molar-refractivity contribution in [2.45, 2.75) is 26.2 Å². The molecule has 1 aliphatic rings. The second-order valence-electron chi connectivity index (χ2n) is 9.21. The first-order valence-corrected chi connectivity index (χ1v) is 12.3. The van der Waals surface area contributed by atoms with Gasteiger partial charge >= 0.3 is 0 Å². The molecule has 0 N–H and O–H groups in total. The van der Waals surface area contributed by atoms with Gasteiger partial charge in [-0.3, -0.25) is 4.90 Å². The molecule has 5 rings (SSSR count). The van der Waals surface area contributed by atoms with Gasteiger partial charge in [-0.1, -0.05) is 54.6 Å². The summed E-state index contributed by atoms with van der Waals surface area (Å²) in [5.74, 6) is 1.84. The summed E-state index contributed by atoms with van der Waals surface area (Å²) in [7, 11) is 1.72. The summed E-state index contributed by atoms with van der Waals surface area (Å²) in [4.78, 5) is 2.48. The van der Waals surface area contributed by atoms with Gasteiger partial charge in [-0.2, -0.15) is 0 Å². The Kier molecular flexibility index (Phi) is 6.82. The summed E-state index contributed by atoms with van der Waals surface area (Å²) in [5, 5.41) is 2.58. The first-order valence-electron chi connectivity index (χ1n) is 12.3. The van der Waals surface area contributed by atoms with Crippen LogP contribution in [-0.2, 0) is 6.42 Å². The Morgan fingerprint density at radius 3 is 2.29 bits per heavy atom. The minimum Gasteiger partial charge on any atom is -0.497 e. The number of benzene rings is 4. The molecule has 0 bridgehead atoms. The molecular weight excluding hydrogens is 418 g/mol. The lowest BCUT2D eigenvalue weighted by atomic mass is 9.88. The number of ether oxygens (including phenoxy) is 2. The third kappa shape index (κ3) is 4.95. The molecule has 4 aromatic carbocycles. The van der Waals surface area contributed by atoms with Crippen molar-refractivity contribution in [3.05, 3.63) is 95.6 Å². The topological polar surface area (TPSA) is 21.7 Å². The Balaban J connectivity index is 1.40. The Labute approximate surface area is 202 Å². The van der Waals surface area contributed by atoms with E-state index in [2.05, 4.69) is 90.7 Å². The van der Waals surface area contributed by atoms with Crippen molar-refractivity contribution in [1.29, 1.82) is 0 Å². The van der Waals surface area contributed by atoms with E-state index in [4.69, 9.17) is 9.47 Å². The number of fused-ring (bicyclic) bond motifs is 1. The van der Waals surface area contributed by atoms with Crippen LogP contribution in [0.15, 0.2) is 78.9 Å². The van der Waals surface area contributed by atoms with Gasteiger partial charge in [0.15, 0.2) is 0 Å². The predicted molar refractivity (Wildman–Crippen MR) is 141 cm³/mol.